The van der Waals surface area contributed by atoms with Crippen molar-refractivity contribution in [1.29, 1.82) is 0 Å². The van der Waals surface area contributed by atoms with Crippen LogP contribution in [0.4, 0.5) is 0 Å². The third kappa shape index (κ3) is 3.27. The summed E-state index contributed by atoms with van der Waals surface area (Å²) in [4.78, 5) is 25.9. The molecule has 1 aliphatic rings. The first-order valence-electron chi connectivity index (χ1n) is 7.31. The molecule has 120 valence electrons. The molecule has 6 nitrogen and oxygen atoms in total. The van der Waals surface area contributed by atoms with Gasteiger partial charge in [0.05, 0.1) is 20.3 Å². The lowest BCUT2D eigenvalue weighted by molar-refractivity contribution is -0.0238. The highest BCUT2D eigenvalue weighted by Gasteiger charge is 2.27. The molecule has 3 rings (SSSR count). The van der Waals surface area contributed by atoms with Crippen LogP contribution < -0.4 is 10.2 Å². The van der Waals surface area contributed by atoms with Crippen LogP contribution in [-0.4, -0.2) is 37.6 Å². The summed E-state index contributed by atoms with van der Waals surface area (Å²) in [6, 6.07) is 10.9. The van der Waals surface area contributed by atoms with E-state index in [1.807, 2.05) is 30.3 Å². The van der Waals surface area contributed by atoms with Crippen molar-refractivity contribution in [3.63, 3.8) is 0 Å². The van der Waals surface area contributed by atoms with Crippen molar-refractivity contribution in [1.82, 2.24) is 4.90 Å². The second-order valence-corrected chi connectivity index (χ2v) is 5.20. The molecule has 23 heavy (non-hydrogen) atoms. The third-order valence-corrected chi connectivity index (χ3v) is 3.75. The van der Waals surface area contributed by atoms with Crippen LogP contribution in [0.15, 0.2) is 51.9 Å². The van der Waals surface area contributed by atoms with E-state index in [0.717, 1.165) is 17.9 Å². The molecule has 1 fully saturated rings. The van der Waals surface area contributed by atoms with Gasteiger partial charge in [0.25, 0.3) is 5.91 Å². The zero-order valence-electron chi connectivity index (χ0n) is 12.7. The predicted octanol–water partition coefficient (Wildman–Crippen LogP) is 1.86. The Kier molecular flexibility index (Phi) is 4.43. The van der Waals surface area contributed by atoms with Gasteiger partial charge < -0.3 is 18.8 Å². The van der Waals surface area contributed by atoms with E-state index in [0.29, 0.717) is 19.7 Å². The minimum Gasteiger partial charge on any atom is -0.490 e. The second kappa shape index (κ2) is 6.66. The van der Waals surface area contributed by atoms with Crippen LogP contribution in [0.2, 0.25) is 0 Å². The van der Waals surface area contributed by atoms with E-state index in [9.17, 15) is 9.59 Å². The number of hydrogen-bond donors (Lipinski definition) is 0. The normalized spacial score (nSPS) is 17.8. The zero-order chi connectivity index (χ0) is 16.2. The van der Waals surface area contributed by atoms with Gasteiger partial charge in [-0.3, -0.25) is 9.59 Å². The number of ether oxygens (including phenoxy) is 2. The minimum absolute atomic E-state index is 0.00418. The standard InChI is InChI=1S/C17H17NO5/c1-21-16-11-23-14(9-13(16)19)17(20)18-7-8-22-15(10-18)12-5-3-2-4-6-12/h2-6,9,11,15H,7-8,10H2,1H3. The Labute approximate surface area is 133 Å². The maximum atomic E-state index is 12.5. The van der Waals surface area contributed by atoms with Crippen LogP contribution in [0.25, 0.3) is 0 Å². The van der Waals surface area contributed by atoms with Gasteiger partial charge in [0.2, 0.25) is 11.2 Å². The smallest absolute Gasteiger partial charge is 0.289 e. The highest BCUT2D eigenvalue weighted by molar-refractivity contribution is 5.91. The molecule has 0 aliphatic carbocycles. The molecule has 1 saturated heterocycles. The quantitative estimate of drug-likeness (QED) is 0.865. The fourth-order valence-corrected chi connectivity index (χ4v) is 2.52. The lowest BCUT2D eigenvalue weighted by atomic mass is 10.1. The Morgan fingerprint density at radius 2 is 2.09 bits per heavy atom. The van der Waals surface area contributed by atoms with Gasteiger partial charge in [-0.2, -0.15) is 0 Å². The molecule has 1 aromatic heterocycles. The topological polar surface area (TPSA) is 69.0 Å². The number of amides is 1. The Morgan fingerprint density at radius 1 is 1.30 bits per heavy atom. The van der Waals surface area contributed by atoms with Crippen molar-refractivity contribution in [3.05, 3.63) is 64.2 Å². The Hall–Kier alpha value is -2.60. The first-order chi connectivity index (χ1) is 11.2. The van der Waals surface area contributed by atoms with Crippen molar-refractivity contribution in [2.24, 2.45) is 0 Å². The summed E-state index contributed by atoms with van der Waals surface area (Å²) >= 11 is 0. The fraction of sp³-hybridized carbons (Fsp3) is 0.294. The number of benzene rings is 1. The van der Waals surface area contributed by atoms with Gasteiger partial charge in [0, 0.05) is 12.6 Å². The molecule has 0 bridgehead atoms. The lowest BCUT2D eigenvalue weighted by Gasteiger charge is -2.32. The highest BCUT2D eigenvalue weighted by Crippen LogP contribution is 2.23. The number of rotatable bonds is 3. The van der Waals surface area contributed by atoms with Gasteiger partial charge in [0.1, 0.15) is 12.4 Å². The molecule has 1 amide bonds. The largest absolute Gasteiger partial charge is 0.490 e. The molecule has 2 heterocycles. The van der Waals surface area contributed by atoms with Gasteiger partial charge in [-0.15, -0.1) is 0 Å². The van der Waals surface area contributed by atoms with Gasteiger partial charge in [-0.25, -0.2) is 0 Å². The van der Waals surface area contributed by atoms with Crippen LogP contribution in [0, 0.1) is 0 Å². The Bertz CT molecular complexity index is 740. The SMILES string of the molecule is COc1coc(C(=O)N2CCOC(c3ccccc3)C2)cc1=O. The van der Waals surface area contributed by atoms with E-state index in [1.54, 1.807) is 4.90 Å². The van der Waals surface area contributed by atoms with Gasteiger partial charge in [0.15, 0.2) is 5.76 Å². The van der Waals surface area contributed by atoms with E-state index in [2.05, 4.69) is 0 Å². The molecule has 6 heteroatoms. The molecule has 1 unspecified atom stereocenters. The maximum absolute atomic E-state index is 12.5. The molecular weight excluding hydrogens is 298 g/mol. The summed E-state index contributed by atoms with van der Waals surface area (Å²) in [5, 5.41) is 0. The molecule has 0 radical (unpaired) electrons. The van der Waals surface area contributed by atoms with Crippen LogP contribution in [0.1, 0.15) is 22.2 Å². The van der Waals surface area contributed by atoms with Crippen LogP contribution in [0.5, 0.6) is 5.75 Å². The Balaban J connectivity index is 1.77. The average Bonchev–Trinajstić information content (AvgIpc) is 2.62. The molecule has 0 spiro atoms. The van der Waals surface area contributed by atoms with Gasteiger partial charge in [-0.1, -0.05) is 30.3 Å². The van der Waals surface area contributed by atoms with Crippen LogP contribution >= 0.6 is 0 Å². The second-order valence-electron chi connectivity index (χ2n) is 5.20. The van der Waals surface area contributed by atoms with Crippen LogP contribution in [-0.2, 0) is 4.74 Å². The summed E-state index contributed by atoms with van der Waals surface area (Å²) in [5.74, 6) is -0.246. The van der Waals surface area contributed by atoms with E-state index in [4.69, 9.17) is 13.9 Å². The Morgan fingerprint density at radius 3 is 2.78 bits per heavy atom. The number of carbonyl (C=O) groups excluding carboxylic acids is 1. The summed E-state index contributed by atoms with van der Waals surface area (Å²) in [6.45, 7) is 1.31. The molecule has 2 aromatic rings. The first-order valence-corrected chi connectivity index (χ1v) is 7.31. The highest BCUT2D eigenvalue weighted by atomic mass is 16.5. The predicted molar refractivity (Wildman–Crippen MR) is 82.6 cm³/mol. The number of morpholine rings is 1. The van der Waals surface area contributed by atoms with Gasteiger partial charge in [-0.05, 0) is 5.56 Å². The van der Waals surface area contributed by atoms with E-state index in [-0.39, 0.29) is 28.9 Å². The third-order valence-electron chi connectivity index (χ3n) is 3.75. The van der Waals surface area contributed by atoms with Crippen molar-refractivity contribution in [2.45, 2.75) is 6.10 Å². The van der Waals surface area contributed by atoms with E-state index in [1.165, 1.54) is 7.11 Å². The average molecular weight is 315 g/mol. The monoisotopic (exact) mass is 315 g/mol. The summed E-state index contributed by atoms with van der Waals surface area (Å²) < 4.78 is 15.8. The zero-order valence-corrected chi connectivity index (χ0v) is 12.7. The molecule has 1 aliphatic heterocycles. The molecule has 1 aromatic carbocycles. The first kappa shape index (κ1) is 15.3. The van der Waals surface area contributed by atoms with E-state index >= 15 is 0 Å². The lowest BCUT2D eigenvalue weighted by Crippen LogP contribution is -2.42. The minimum atomic E-state index is -0.380. The van der Waals surface area contributed by atoms with Crippen molar-refractivity contribution in [2.75, 3.05) is 26.8 Å². The summed E-state index contributed by atoms with van der Waals surface area (Å²) in [5.41, 5.74) is 0.635. The molecule has 0 saturated carbocycles. The van der Waals surface area contributed by atoms with Crippen molar-refractivity contribution < 1.29 is 18.7 Å². The summed E-state index contributed by atoms with van der Waals surface area (Å²) in [7, 11) is 1.38. The van der Waals surface area contributed by atoms with Crippen molar-refractivity contribution >= 4 is 5.91 Å². The summed E-state index contributed by atoms with van der Waals surface area (Å²) in [6.07, 6.45) is 0.976. The number of methoxy groups -OCH3 is 1. The molecule has 0 N–H and O–H groups in total. The van der Waals surface area contributed by atoms with E-state index < -0.39 is 0 Å². The molecule has 1 atom stereocenters. The number of hydrogen-bond acceptors (Lipinski definition) is 5. The fourth-order valence-electron chi connectivity index (χ4n) is 2.52. The van der Waals surface area contributed by atoms with Crippen LogP contribution in [0.3, 0.4) is 0 Å². The number of carbonyl (C=O) groups is 1. The molecular formula is C17H17NO5. The maximum Gasteiger partial charge on any atom is 0.289 e. The van der Waals surface area contributed by atoms with Gasteiger partial charge >= 0.3 is 0 Å². The number of nitrogens with zero attached hydrogens (tertiary/aromatic N) is 1. The van der Waals surface area contributed by atoms with Crippen molar-refractivity contribution in [3.8, 4) is 5.75 Å².